The topological polar surface area (TPSA) is 21.3 Å². The van der Waals surface area contributed by atoms with Gasteiger partial charge in [0.1, 0.15) is 5.75 Å². The van der Waals surface area contributed by atoms with Crippen LogP contribution in [0.25, 0.3) is 0 Å². The second kappa shape index (κ2) is 7.15. The highest BCUT2D eigenvalue weighted by atomic mass is 79.9. The standard InChI is InChI=1S/C18H28BrNO/c1-13-5-8-16(9-6-13)21-17-10-7-15(19)11-14(17)12-20-18(2,3)4/h7,10-11,13,16,20H,5-6,8-9,12H2,1-4H3. The third kappa shape index (κ3) is 5.63. The minimum Gasteiger partial charge on any atom is -0.490 e. The average molecular weight is 354 g/mol. The summed E-state index contributed by atoms with van der Waals surface area (Å²) in [5, 5.41) is 3.55. The van der Waals surface area contributed by atoms with E-state index in [-0.39, 0.29) is 5.54 Å². The summed E-state index contributed by atoms with van der Waals surface area (Å²) in [6, 6.07) is 6.34. The van der Waals surface area contributed by atoms with E-state index in [1.54, 1.807) is 0 Å². The highest BCUT2D eigenvalue weighted by molar-refractivity contribution is 9.10. The molecule has 1 saturated carbocycles. The molecule has 1 aromatic rings. The Morgan fingerprint density at radius 1 is 1.19 bits per heavy atom. The molecule has 0 aliphatic heterocycles. The van der Waals surface area contributed by atoms with Crippen LogP contribution in [0.2, 0.25) is 0 Å². The van der Waals surface area contributed by atoms with Gasteiger partial charge in [0.05, 0.1) is 6.10 Å². The van der Waals surface area contributed by atoms with E-state index in [1.165, 1.54) is 31.2 Å². The Kier molecular flexibility index (Phi) is 5.73. The number of halogens is 1. The highest BCUT2D eigenvalue weighted by Crippen LogP contribution is 2.30. The fourth-order valence-electron chi connectivity index (χ4n) is 2.69. The van der Waals surface area contributed by atoms with Crippen molar-refractivity contribution in [3.63, 3.8) is 0 Å². The minimum atomic E-state index is 0.111. The fraction of sp³-hybridized carbons (Fsp3) is 0.667. The van der Waals surface area contributed by atoms with Crippen LogP contribution in [0.1, 0.15) is 58.9 Å². The zero-order valence-corrected chi connectivity index (χ0v) is 15.3. The SMILES string of the molecule is CC1CCC(Oc2ccc(Br)cc2CNC(C)(C)C)CC1. The Hall–Kier alpha value is -0.540. The van der Waals surface area contributed by atoms with E-state index in [1.807, 2.05) is 0 Å². The van der Waals surface area contributed by atoms with E-state index in [2.05, 4.69) is 67.1 Å². The van der Waals surface area contributed by atoms with E-state index >= 15 is 0 Å². The lowest BCUT2D eigenvalue weighted by molar-refractivity contribution is 0.134. The maximum absolute atomic E-state index is 6.29. The summed E-state index contributed by atoms with van der Waals surface area (Å²) >= 11 is 3.57. The second-order valence-electron chi connectivity index (χ2n) is 7.36. The third-order valence-corrected chi connectivity index (χ3v) is 4.58. The van der Waals surface area contributed by atoms with Gasteiger partial charge in [0, 0.05) is 22.1 Å². The Balaban J connectivity index is 2.04. The van der Waals surface area contributed by atoms with Gasteiger partial charge in [0.2, 0.25) is 0 Å². The summed E-state index contributed by atoms with van der Waals surface area (Å²) < 4.78 is 7.40. The zero-order valence-electron chi connectivity index (χ0n) is 13.7. The van der Waals surface area contributed by atoms with Gasteiger partial charge in [0.15, 0.2) is 0 Å². The molecular weight excluding hydrogens is 326 g/mol. The van der Waals surface area contributed by atoms with E-state index in [0.717, 1.165) is 22.7 Å². The van der Waals surface area contributed by atoms with Crippen molar-refractivity contribution in [2.45, 2.75) is 71.6 Å². The number of benzene rings is 1. The lowest BCUT2D eigenvalue weighted by Gasteiger charge is -2.28. The summed E-state index contributed by atoms with van der Waals surface area (Å²) in [6.07, 6.45) is 5.33. The van der Waals surface area contributed by atoms with Gasteiger partial charge in [-0.3, -0.25) is 0 Å². The normalized spacial score (nSPS) is 23.1. The largest absolute Gasteiger partial charge is 0.490 e. The van der Waals surface area contributed by atoms with Crippen LogP contribution in [-0.4, -0.2) is 11.6 Å². The molecule has 2 rings (SSSR count). The molecule has 0 unspecified atom stereocenters. The van der Waals surface area contributed by atoms with Gasteiger partial charge in [-0.25, -0.2) is 0 Å². The molecule has 0 saturated heterocycles. The maximum Gasteiger partial charge on any atom is 0.124 e. The third-order valence-electron chi connectivity index (χ3n) is 4.09. The summed E-state index contributed by atoms with van der Waals surface area (Å²) in [5.41, 5.74) is 1.35. The van der Waals surface area contributed by atoms with Gasteiger partial charge in [-0.1, -0.05) is 22.9 Å². The monoisotopic (exact) mass is 353 g/mol. The zero-order chi connectivity index (χ0) is 15.5. The minimum absolute atomic E-state index is 0.111. The molecule has 2 nitrogen and oxygen atoms in total. The van der Waals surface area contributed by atoms with Crippen molar-refractivity contribution < 1.29 is 4.74 Å². The summed E-state index contributed by atoms with van der Waals surface area (Å²) in [6.45, 7) is 9.74. The average Bonchev–Trinajstić information content (AvgIpc) is 2.40. The predicted molar refractivity (Wildman–Crippen MR) is 92.8 cm³/mol. The molecule has 1 aliphatic carbocycles. The van der Waals surface area contributed by atoms with Gasteiger partial charge < -0.3 is 10.1 Å². The Morgan fingerprint density at radius 3 is 2.48 bits per heavy atom. The molecule has 0 heterocycles. The maximum atomic E-state index is 6.29. The summed E-state index contributed by atoms with van der Waals surface area (Å²) in [7, 11) is 0. The van der Waals surface area contributed by atoms with E-state index in [4.69, 9.17) is 4.74 Å². The molecule has 1 aromatic carbocycles. The molecular formula is C18H28BrNO. The van der Waals surface area contributed by atoms with Gasteiger partial charge in [-0.15, -0.1) is 0 Å². The van der Waals surface area contributed by atoms with Crippen molar-refractivity contribution in [1.82, 2.24) is 5.32 Å². The molecule has 0 radical (unpaired) electrons. The molecule has 0 aromatic heterocycles. The fourth-order valence-corrected chi connectivity index (χ4v) is 3.10. The Labute approximate surface area is 137 Å². The number of nitrogens with one attached hydrogen (secondary N) is 1. The highest BCUT2D eigenvalue weighted by Gasteiger charge is 2.21. The molecule has 1 fully saturated rings. The second-order valence-corrected chi connectivity index (χ2v) is 8.27. The molecule has 0 bridgehead atoms. The van der Waals surface area contributed by atoms with Crippen LogP contribution >= 0.6 is 15.9 Å². The molecule has 21 heavy (non-hydrogen) atoms. The molecule has 0 amide bonds. The Bertz CT molecular complexity index is 459. The number of hydrogen-bond donors (Lipinski definition) is 1. The van der Waals surface area contributed by atoms with Gasteiger partial charge in [-0.05, 0) is 70.6 Å². The van der Waals surface area contributed by atoms with Gasteiger partial charge in [-0.2, -0.15) is 0 Å². The Morgan fingerprint density at radius 2 is 1.86 bits per heavy atom. The van der Waals surface area contributed by atoms with E-state index < -0.39 is 0 Å². The van der Waals surface area contributed by atoms with Crippen molar-refractivity contribution in [2.75, 3.05) is 0 Å². The number of ether oxygens (including phenoxy) is 1. The summed E-state index contributed by atoms with van der Waals surface area (Å²) in [4.78, 5) is 0. The number of rotatable bonds is 4. The molecule has 3 heteroatoms. The molecule has 0 spiro atoms. The first-order valence-electron chi connectivity index (χ1n) is 8.03. The smallest absolute Gasteiger partial charge is 0.124 e. The van der Waals surface area contributed by atoms with Crippen LogP contribution < -0.4 is 10.1 Å². The first kappa shape index (κ1) is 16.8. The van der Waals surface area contributed by atoms with E-state index in [0.29, 0.717) is 6.10 Å². The van der Waals surface area contributed by atoms with Crippen molar-refractivity contribution in [3.05, 3.63) is 28.2 Å². The lowest BCUT2D eigenvalue weighted by Crippen LogP contribution is -2.35. The molecule has 0 atom stereocenters. The van der Waals surface area contributed by atoms with Crippen molar-refractivity contribution >= 4 is 15.9 Å². The van der Waals surface area contributed by atoms with Gasteiger partial charge in [0.25, 0.3) is 0 Å². The van der Waals surface area contributed by atoms with Crippen LogP contribution in [0.5, 0.6) is 5.75 Å². The van der Waals surface area contributed by atoms with Crippen molar-refractivity contribution in [3.8, 4) is 5.75 Å². The predicted octanol–water partition coefficient (Wildman–Crippen LogP) is 5.29. The molecule has 1 aliphatic rings. The summed E-state index contributed by atoms with van der Waals surface area (Å²) in [5.74, 6) is 1.89. The van der Waals surface area contributed by atoms with Crippen LogP contribution in [-0.2, 0) is 6.54 Å². The van der Waals surface area contributed by atoms with Crippen LogP contribution in [0.15, 0.2) is 22.7 Å². The van der Waals surface area contributed by atoms with Crippen LogP contribution in [0.4, 0.5) is 0 Å². The first-order chi connectivity index (χ1) is 9.83. The first-order valence-corrected chi connectivity index (χ1v) is 8.83. The lowest BCUT2D eigenvalue weighted by atomic mass is 9.89. The van der Waals surface area contributed by atoms with Gasteiger partial charge >= 0.3 is 0 Å². The van der Waals surface area contributed by atoms with Crippen LogP contribution in [0.3, 0.4) is 0 Å². The molecule has 118 valence electrons. The van der Waals surface area contributed by atoms with Crippen LogP contribution in [0, 0.1) is 5.92 Å². The van der Waals surface area contributed by atoms with E-state index in [9.17, 15) is 0 Å². The quantitative estimate of drug-likeness (QED) is 0.793. The van der Waals surface area contributed by atoms with Crippen molar-refractivity contribution in [1.29, 1.82) is 0 Å². The van der Waals surface area contributed by atoms with Crippen molar-refractivity contribution in [2.24, 2.45) is 5.92 Å². The number of hydrogen-bond acceptors (Lipinski definition) is 2. The molecule has 1 N–H and O–H groups in total.